The molecule has 1 atom stereocenters. The molecule has 0 spiro atoms. The Labute approximate surface area is 112 Å². The van der Waals surface area contributed by atoms with E-state index in [1.165, 1.54) is 38.9 Å². The molecule has 0 radical (unpaired) electrons. The Balaban J connectivity index is 1.89. The molecule has 0 aliphatic carbocycles. The third kappa shape index (κ3) is 3.46. The van der Waals surface area contributed by atoms with E-state index < -0.39 is 0 Å². The number of hydrogen-bond donors (Lipinski definition) is 1. The van der Waals surface area contributed by atoms with Gasteiger partial charge in [0.25, 0.3) is 0 Å². The van der Waals surface area contributed by atoms with Gasteiger partial charge in [-0.3, -0.25) is 0 Å². The zero-order valence-electron chi connectivity index (χ0n) is 12.4. The Hall–Kier alpha value is -0.120. The van der Waals surface area contributed by atoms with Crippen molar-refractivity contribution in [2.45, 2.75) is 33.1 Å². The minimum Gasteiger partial charge on any atom is -0.381 e. The van der Waals surface area contributed by atoms with E-state index in [-0.39, 0.29) is 0 Å². The molecule has 3 nitrogen and oxygen atoms in total. The van der Waals surface area contributed by atoms with Crippen molar-refractivity contribution in [3.05, 3.63) is 0 Å². The summed E-state index contributed by atoms with van der Waals surface area (Å²) < 4.78 is 5.55. The number of rotatable bonds is 5. The van der Waals surface area contributed by atoms with Gasteiger partial charge in [0.1, 0.15) is 0 Å². The first kappa shape index (κ1) is 14.3. The van der Waals surface area contributed by atoms with Gasteiger partial charge in [-0.15, -0.1) is 0 Å². The van der Waals surface area contributed by atoms with Crippen LogP contribution in [0.15, 0.2) is 0 Å². The van der Waals surface area contributed by atoms with E-state index in [1.807, 2.05) is 0 Å². The molecule has 2 aliphatic heterocycles. The van der Waals surface area contributed by atoms with E-state index in [9.17, 15) is 0 Å². The van der Waals surface area contributed by atoms with Crippen LogP contribution in [0, 0.1) is 17.3 Å². The van der Waals surface area contributed by atoms with Gasteiger partial charge in [-0.05, 0) is 50.1 Å². The molecular formula is C15H30N2O. The smallest absolute Gasteiger partial charge is 0.0472 e. The number of nitrogens with one attached hydrogen (secondary N) is 1. The second-order valence-electron chi connectivity index (χ2n) is 6.67. The summed E-state index contributed by atoms with van der Waals surface area (Å²) in [6.45, 7) is 11.6. The molecule has 0 amide bonds. The molecule has 1 unspecified atom stereocenters. The van der Waals surface area contributed by atoms with Crippen molar-refractivity contribution in [3.8, 4) is 0 Å². The van der Waals surface area contributed by atoms with Gasteiger partial charge in [-0.25, -0.2) is 0 Å². The molecule has 1 N–H and O–H groups in total. The maximum absolute atomic E-state index is 5.55. The number of likely N-dealkylation sites (tertiary alicyclic amines) is 1. The highest BCUT2D eigenvalue weighted by molar-refractivity contribution is 4.89. The Morgan fingerprint density at radius 1 is 1.33 bits per heavy atom. The first-order valence-corrected chi connectivity index (χ1v) is 7.60. The predicted octanol–water partition coefficient (Wildman–Crippen LogP) is 1.98. The van der Waals surface area contributed by atoms with Crippen LogP contribution < -0.4 is 5.32 Å². The van der Waals surface area contributed by atoms with Gasteiger partial charge in [-0.1, -0.05) is 13.8 Å². The number of nitrogens with zero attached hydrogens (tertiary/aromatic N) is 1. The third-order valence-electron chi connectivity index (χ3n) is 4.92. The van der Waals surface area contributed by atoms with E-state index >= 15 is 0 Å². The van der Waals surface area contributed by atoms with Crippen molar-refractivity contribution in [2.24, 2.45) is 17.3 Å². The van der Waals surface area contributed by atoms with Crippen molar-refractivity contribution in [1.29, 1.82) is 0 Å². The summed E-state index contributed by atoms with van der Waals surface area (Å²) in [7, 11) is 2.08. The van der Waals surface area contributed by atoms with E-state index in [4.69, 9.17) is 4.74 Å². The summed E-state index contributed by atoms with van der Waals surface area (Å²) in [5.74, 6) is 1.75. The quantitative estimate of drug-likeness (QED) is 0.812. The zero-order chi connectivity index (χ0) is 13.0. The van der Waals surface area contributed by atoms with Gasteiger partial charge in [0.05, 0.1) is 0 Å². The largest absolute Gasteiger partial charge is 0.381 e. The van der Waals surface area contributed by atoms with Crippen LogP contribution in [0.1, 0.15) is 33.1 Å². The molecule has 106 valence electrons. The number of hydrogen-bond acceptors (Lipinski definition) is 3. The SMILES string of the molecule is CNCC1(CN2CCC(C(C)C)C2)CCOCC1. The van der Waals surface area contributed by atoms with Crippen LogP contribution in [-0.4, -0.2) is 51.3 Å². The summed E-state index contributed by atoms with van der Waals surface area (Å²) >= 11 is 0. The molecule has 0 bridgehead atoms. The number of ether oxygens (including phenoxy) is 1. The average molecular weight is 254 g/mol. The van der Waals surface area contributed by atoms with E-state index in [2.05, 4.69) is 31.1 Å². The van der Waals surface area contributed by atoms with Crippen LogP contribution in [0.4, 0.5) is 0 Å². The van der Waals surface area contributed by atoms with Crippen LogP contribution in [0.3, 0.4) is 0 Å². The lowest BCUT2D eigenvalue weighted by Crippen LogP contribution is -2.46. The minimum atomic E-state index is 0.457. The molecule has 0 aromatic carbocycles. The second kappa shape index (κ2) is 6.36. The van der Waals surface area contributed by atoms with Crippen molar-refractivity contribution < 1.29 is 4.74 Å². The molecule has 2 rings (SSSR count). The normalized spacial score (nSPS) is 29.0. The Bertz CT molecular complexity index is 243. The van der Waals surface area contributed by atoms with Gasteiger partial charge in [0.2, 0.25) is 0 Å². The lowest BCUT2D eigenvalue weighted by atomic mass is 9.79. The average Bonchev–Trinajstić information content (AvgIpc) is 2.79. The molecule has 0 saturated carbocycles. The third-order valence-corrected chi connectivity index (χ3v) is 4.92. The van der Waals surface area contributed by atoms with Crippen molar-refractivity contribution >= 4 is 0 Å². The Kier molecular flexibility index (Phi) is 5.05. The molecule has 3 heteroatoms. The maximum atomic E-state index is 5.55. The van der Waals surface area contributed by atoms with Gasteiger partial charge >= 0.3 is 0 Å². The first-order valence-electron chi connectivity index (χ1n) is 7.60. The molecule has 0 aromatic rings. The van der Waals surface area contributed by atoms with Gasteiger partial charge in [0, 0.05) is 32.8 Å². The molecular weight excluding hydrogens is 224 g/mol. The van der Waals surface area contributed by atoms with E-state index in [0.717, 1.165) is 31.6 Å². The van der Waals surface area contributed by atoms with Gasteiger partial charge < -0.3 is 15.0 Å². The second-order valence-corrected chi connectivity index (χ2v) is 6.67. The lowest BCUT2D eigenvalue weighted by molar-refractivity contribution is -0.000781. The Morgan fingerprint density at radius 2 is 2.06 bits per heavy atom. The fourth-order valence-electron chi connectivity index (χ4n) is 3.59. The summed E-state index contributed by atoms with van der Waals surface area (Å²) in [5, 5.41) is 3.40. The monoisotopic (exact) mass is 254 g/mol. The molecule has 2 heterocycles. The summed E-state index contributed by atoms with van der Waals surface area (Å²) in [4.78, 5) is 2.70. The fraction of sp³-hybridized carbons (Fsp3) is 1.00. The highest BCUT2D eigenvalue weighted by atomic mass is 16.5. The topological polar surface area (TPSA) is 24.5 Å². The van der Waals surface area contributed by atoms with Crippen LogP contribution in [0.2, 0.25) is 0 Å². The molecule has 18 heavy (non-hydrogen) atoms. The first-order chi connectivity index (χ1) is 8.65. The Morgan fingerprint density at radius 3 is 2.61 bits per heavy atom. The summed E-state index contributed by atoms with van der Waals surface area (Å²) in [6.07, 6.45) is 3.83. The van der Waals surface area contributed by atoms with Crippen molar-refractivity contribution in [2.75, 3.05) is 46.4 Å². The standard InChI is InChI=1S/C15H30N2O/c1-13(2)14-4-7-17(10-14)12-15(11-16-3)5-8-18-9-6-15/h13-14,16H,4-12H2,1-3H3. The maximum Gasteiger partial charge on any atom is 0.0472 e. The van der Waals surface area contributed by atoms with E-state index in [1.54, 1.807) is 0 Å². The highest BCUT2D eigenvalue weighted by Gasteiger charge is 2.36. The van der Waals surface area contributed by atoms with Crippen molar-refractivity contribution in [3.63, 3.8) is 0 Å². The van der Waals surface area contributed by atoms with Crippen LogP contribution >= 0.6 is 0 Å². The van der Waals surface area contributed by atoms with Crippen LogP contribution in [-0.2, 0) is 4.74 Å². The predicted molar refractivity (Wildman–Crippen MR) is 75.8 cm³/mol. The van der Waals surface area contributed by atoms with Gasteiger partial charge in [0.15, 0.2) is 0 Å². The molecule has 0 aromatic heterocycles. The van der Waals surface area contributed by atoms with Gasteiger partial charge in [-0.2, -0.15) is 0 Å². The molecule has 2 fully saturated rings. The summed E-state index contributed by atoms with van der Waals surface area (Å²) in [6, 6.07) is 0. The van der Waals surface area contributed by atoms with E-state index in [0.29, 0.717) is 5.41 Å². The minimum absolute atomic E-state index is 0.457. The highest BCUT2D eigenvalue weighted by Crippen LogP contribution is 2.33. The fourth-order valence-corrected chi connectivity index (χ4v) is 3.59. The van der Waals surface area contributed by atoms with Crippen LogP contribution in [0.25, 0.3) is 0 Å². The van der Waals surface area contributed by atoms with Crippen LogP contribution in [0.5, 0.6) is 0 Å². The zero-order valence-corrected chi connectivity index (χ0v) is 12.4. The lowest BCUT2D eigenvalue weighted by Gasteiger charge is -2.40. The molecule has 2 saturated heterocycles. The summed E-state index contributed by atoms with van der Waals surface area (Å²) in [5.41, 5.74) is 0.457. The van der Waals surface area contributed by atoms with Crippen molar-refractivity contribution in [1.82, 2.24) is 10.2 Å². The molecule has 2 aliphatic rings.